The maximum atomic E-state index is 13.7. The van der Waals surface area contributed by atoms with Gasteiger partial charge in [0.05, 0.1) is 17.0 Å². The first-order chi connectivity index (χ1) is 16.3. The molecule has 0 spiro atoms. The zero-order valence-corrected chi connectivity index (χ0v) is 19.4. The summed E-state index contributed by atoms with van der Waals surface area (Å²) in [5.41, 5.74) is 4.53. The molecule has 34 heavy (non-hydrogen) atoms. The van der Waals surface area contributed by atoms with Crippen molar-refractivity contribution >= 4 is 40.1 Å². The van der Waals surface area contributed by atoms with Gasteiger partial charge >= 0.3 is 0 Å². The second-order valence-corrected chi connectivity index (χ2v) is 8.41. The van der Waals surface area contributed by atoms with Gasteiger partial charge in [-0.15, -0.1) is 0 Å². The lowest BCUT2D eigenvalue weighted by Crippen LogP contribution is -2.35. The molecule has 2 amide bonds. The lowest BCUT2D eigenvalue weighted by Gasteiger charge is -2.23. The topological polar surface area (TPSA) is 64.7 Å². The van der Waals surface area contributed by atoms with E-state index in [1.807, 2.05) is 73.6 Å². The van der Waals surface area contributed by atoms with Crippen LogP contribution in [0.15, 0.2) is 72.8 Å². The van der Waals surface area contributed by atoms with Crippen LogP contribution in [0.3, 0.4) is 0 Å². The summed E-state index contributed by atoms with van der Waals surface area (Å²) in [6, 6.07) is 21.3. The Balaban J connectivity index is 1.70. The largest absolute Gasteiger partial charge is 0.354 e. The molecule has 0 bridgehead atoms. The van der Waals surface area contributed by atoms with Crippen molar-refractivity contribution in [3.63, 3.8) is 0 Å². The monoisotopic (exact) mass is 458 g/mol. The third kappa shape index (κ3) is 5.00. The van der Waals surface area contributed by atoms with Gasteiger partial charge in [0.25, 0.3) is 5.91 Å². The van der Waals surface area contributed by atoms with Crippen LogP contribution in [-0.2, 0) is 9.59 Å². The third-order valence-corrected chi connectivity index (χ3v) is 5.64. The molecule has 2 N–H and O–H groups in total. The van der Waals surface area contributed by atoms with Gasteiger partial charge in [0.1, 0.15) is 5.82 Å². The summed E-state index contributed by atoms with van der Waals surface area (Å²) in [5.74, 6) is -0.731. The van der Waals surface area contributed by atoms with Crippen LogP contribution in [-0.4, -0.2) is 43.9 Å². The molecule has 0 unspecified atom stereocenters. The normalized spacial score (nSPS) is 14.0. The molecule has 7 heteroatoms. The summed E-state index contributed by atoms with van der Waals surface area (Å²) in [7, 11) is 3.94. The molecule has 3 aromatic carbocycles. The SMILES string of the molecule is CC(=O)N(CCN(C)C)c1ccc(N/C(=C2\C(=O)Nc3cc(F)ccc32)c2ccccc2)cc1. The minimum absolute atomic E-state index is 0.0267. The van der Waals surface area contributed by atoms with E-state index in [9.17, 15) is 14.0 Å². The van der Waals surface area contributed by atoms with Crippen LogP contribution in [0.5, 0.6) is 0 Å². The van der Waals surface area contributed by atoms with Crippen LogP contribution in [0.1, 0.15) is 18.1 Å². The van der Waals surface area contributed by atoms with E-state index >= 15 is 0 Å². The van der Waals surface area contributed by atoms with Crippen LogP contribution in [0, 0.1) is 5.82 Å². The van der Waals surface area contributed by atoms with Gasteiger partial charge in [-0.3, -0.25) is 9.59 Å². The Hall–Kier alpha value is -3.97. The number of likely N-dealkylation sites (N-methyl/N-ethyl adjacent to an activating group) is 1. The number of nitrogens with zero attached hydrogens (tertiary/aromatic N) is 2. The number of hydrogen-bond acceptors (Lipinski definition) is 4. The van der Waals surface area contributed by atoms with Crippen LogP contribution in [0.2, 0.25) is 0 Å². The highest BCUT2D eigenvalue weighted by molar-refractivity contribution is 6.37. The zero-order valence-electron chi connectivity index (χ0n) is 19.4. The number of anilines is 3. The minimum atomic E-state index is -0.408. The van der Waals surface area contributed by atoms with Crippen molar-refractivity contribution in [1.29, 1.82) is 0 Å². The number of rotatable bonds is 7. The predicted molar refractivity (Wildman–Crippen MR) is 135 cm³/mol. The first-order valence-electron chi connectivity index (χ1n) is 11.0. The Kier molecular flexibility index (Phi) is 6.75. The van der Waals surface area contributed by atoms with E-state index in [2.05, 4.69) is 10.6 Å². The van der Waals surface area contributed by atoms with Gasteiger partial charge in [-0.25, -0.2) is 4.39 Å². The smallest absolute Gasteiger partial charge is 0.258 e. The lowest BCUT2D eigenvalue weighted by atomic mass is 10.00. The highest BCUT2D eigenvalue weighted by Crippen LogP contribution is 2.38. The van der Waals surface area contributed by atoms with Gasteiger partial charge in [0.2, 0.25) is 5.91 Å². The van der Waals surface area contributed by atoms with Crippen LogP contribution in [0.4, 0.5) is 21.5 Å². The van der Waals surface area contributed by atoms with Crippen molar-refractivity contribution in [2.24, 2.45) is 0 Å². The summed E-state index contributed by atoms with van der Waals surface area (Å²) in [5, 5.41) is 6.14. The summed E-state index contributed by atoms with van der Waals surface area (Å²) in [6.45, 7) is 2.89. The second-order valence-electron chi connectivity index (χ2n) is 8.41. The quantitative estimate of drug-likeness (QED) is 0.505. The molecule has 0 fully saturated rings. The number of amides is 2. The number of benzene rings is 3. The Morgan fingerprint density at radius 2 is 1.68 bits per heavy atom. The maximum Gasteiger partial charge on any atom is 0.258 e. The molecule has 0 aliphatic carbocycles. The number of carbonyl (C=O) groups excluding carboxylic acids is 2. The molecule has 1 aliphatic heterocycles. The van der Waals surface area contributed by atoms with E-state index < -0.39 is 5.82 Å². The standard InChI is InChI=1S/C27H27FN4O2/c1-18(33)32(16-15-31(2)3)22-12-10-21(11-13-22)29-26(19-7-5-4-6-8-19)25-23-14-9-20(28)17-24(23)30-27(25)34/h4-14,17,29H,15-16H2,1-3H3,(H,30,34)/b26-25-. The van der Waals surface area contributed by atoms with Crippen LogP contribution >= 0.6 is 0 Å². The average molecular weight is 459 g/mol. The molecule has 0 aromatic heterocycles. The molecule has 6 nitrogen and oxygen atoms in total. The molecule has 0 saturated heterocycles. The van der Waals surface area contributed by atoms with Gasteiger partial charge in [-0.1, -0.05) is 30.3 Å². The van der Waals surface area contributed by atoms with Gasteiger partial charge in [0, 0.05) is 37.0 Å². The Bertz CT molecular complexity index is 1240. The summed E-state index contributed by atoms with van der Waals surface area (Å²) < 4.78 is 13.7. The van der Waals surface area contributed by atoms with E-state index in [1.54, 1.807) is 17.9 Å². The van der Waals surface area contributed by atoms with Crippen molar-refractivity contribution in [3.8, 4) is 0 Å². The fourth-order valence-corrected chi connectivity index (χ4v) is 3.91. The van der Waals surface area contributed by atoms with Crippen molar-refractivity contribution in [3.05, 3.63) is 89.7 Å². The Labute approximate surface area is 198 Å². The van der Waals surface area contributed by atoms with Gasteiger partial charge < -0.3 is 20.4 Å². The zero-order chi connectivity index (χ0) is 24.2. The van der Waals surface area contributed by atoms with Crippen LogP contribution < -0.4 is 15.5 Å². The van der Waals surface area contributed by atoms with E-state index in [1.165, 1.54) is 12.1 Å². The summed E-state index contributed by atoms with van der Waals surface area (Å²) >= 11 is 0. The van der Waals surface area contributed by atoms with Crippen molar-refractivity contribution < 1.29 is 14.0 Å². The molecular weight excluding hydrogens is 431 g/mol. The number of hydrogen-bond donors (Lipinski definition) is 2. The molecule has 1 aliphatic rings. The van der Waals surface area contributed by atoms with E-state index in [-0.39, 0.29) is 11.8 Å². The number of nitrogens with one attached hydrogen (secondary N) is 2. The van der Waals surface area contributed by atoms with E-state index in [4.69, 9.17) is 0 Å². The molecule has 0 atom stereocenters. The van der Waals surface area contributed by atoms with Gasteiger partial charge in [-0.05, 0) is 62.1 Å². The average Bonchev–Trinajstić information content (AvgIpc) is 3.13. The number of carbonyl (C=O) groups is 2. The molecule has 4 rings (SSSR count). The fourth-order valence-electron chi connectivity index (χ4n) is 3.91. The third-order valence-electron chi connectivity index (χ3n) is 5.64. The van der Waals surface area contributed by atoms with Crippen LogP contribution in [0.25, 0.3) is 11.3 Å². The van der Waals surface area contributed by atoms with Crippen molar-refractivity contribution in [1.82, 2.24) is 4.90 Å². The molecule has 174 valence electrons. The summed E-state index contributed by atoms with van der Waals surface area (Å²) in [4.78, 5) is 28.8. The first kappa shape index (κ1) is 23.2. The van der Waals surface area contributed by atoms with Gasteiger partial charge in [0.15, 0.2) is 0 Å². The molecule has 0 saturated carbocycles. The minimum Gasteiger partial charge on any atom is -0.354 e. The predicted octanol–water partition coefficient (Wildman–Crippen LogP) is 4.67. The van der Waals surface area contributed by atoms with Gasteiger partial charge in [-0.2, -0.15) is 0 Å². The highest BCUT2D eigenvalue weighted by atomic mass is 19.1. The lowest BCUT2D eigenvalue weighted by molar-refractivity contribution is -0.116. The highest BCUT2D eigenvalue weighted by Gasteiger charge is 2.28. The van der Waals surface area contributed by atoms with Crippen molar-refractivity contribution in [2.45, 2.75) is 6.92 Å². The molecule has 3 aromatic rings. The Morgan fingerprint density at radius 1 is 0.971 bits per heavy atom. The first-order valence-corrected chi connectivity index (χ1v) is 11.0. The number of fused-ring (bicyclic) bond motifs is 1. The molecule has 1 heterocycles. The Morgan fingerprint density at radius 3 is 2.32 bits per heavy atom. The van der Waals surface area contributed by atoms with Crippen molar-refractivity contribution in [2.75, 3.05) is 42.7 Å². The maximum absolute atomic E-state index is 13.7. The van der Waals surface area contributed by atoms with E-state index in [0.717, 1.165) is 23.5 Å². The fraction of sp³-hybridized carbons (Fsp3) is 0.185. The number of halogens is 1. The van der Waals surface area contributed by atoms with E-state index in [0.29, 0.717) is 29.1 Å². The second kappa shape index (κ2) is 9.89. The molecule has 0 radical (unpaired) electrons. The summed E-state index contributed by atoms with van der Waals surface area (Å²) in [6.07, 6.45) is 0. The molecular formula is C27H27FN4O2.